The van der Waals surface area contributed by atoms with Gasteiger partial charge >= 0.3 is 0 Å². The lowest BCUT2D eigenvalue weighted by Crippen LogP contribution is -2.46. The summed E-state index contributed by atoms with van der Waals surface area (Å²) in [6.07, 6.45) is 6.22. The van der Waals surface area contributed by atoms with E-state index in [1.807, 2.05) is 7.11 Å². The Balaban J connectivity index is 2.17. The summed E-state index contributed by atoms with van der Waals surface area (Å²) >= 11 is 0. The second-order valence-electron chi connectivity index (χ2n) is 7.05. The van der Waals surface area contributed by atoms with Gasteiger partial charge in [0.05, 0.1) is 12.7 Å². The van der Waals surface area contributed by atoms with Crippen molar-refractivity contribution in [1.29, 1.82) is 0 Å². The van der Waals surface area contributed by atoms with Crippen LogP contribution in [0.4, 0.5) is 0 Å². The topological polar surface area (TPSA) is 30.9 Å². The Bertz CT molecular complexity index is 265. The maximum atomic E-state index is 5.91. The molecule has 2 atom stereocenters. The lowest BCUT2D eigenvalue weighted by Gasteiger charge is -2.36. The number of nitrogens with zero attached hydrogens (tertiary/aromatic N) is 1. The normalized spacial score (nSPS) is 23.9. The number of hydrogen-bond donors (Lipinski definition) is 0. The molecule has 0 aromatic heterocycles. The van der Waals surface area contributed by atoms with E-state index in [-0.39, 0.29) is 5.54 Å². The number of unbranched alkanes of at least 4 members (excludes halogenated alkanes) is 3. The fourth-order valence-corrected chi connectivity index (χ4v) is 3.05. The third kappa shape index (κ3) is 7.09. The van der Waals surface area contributed by atoms with E-state index in [0.717, 1.165) is 45.6 Å². The average molecular weight is 301 g/mol. The van der Waals surface area contributed by atoms with Gasteiger partial charge in [0.15, 0.2) is 0 Å². The summed E-state index contributed by atoms with van der Waals surface area (Å²) in [4.78, 5) is 2.53. The second-order valence-corrected chi connectivity index (χ2v) is 7.05. The van der Waals surface area contributed by atoms with Crippen LogP contribution in [0.2, 0.25) is 0 Å². The zero-order chi connectivity index (χ0) is 15.7. The summed E-state index contributed by atoms with van der Waals surface area (Å²) in [5.41, 5.74) is 0.182. The van der Waals surface area contributed by atoms with Crippen molar-refractivity contribution in [2.75, 3.05) is 40.6 Å². The fraction of sp³-hybridized carbons (Fsp3) is 1.00. The molecule has 0 amide bonds. The predicted octanol–water partition coefficient (Wildman–Crippen LogP) is 3.10. The first-order chi connectivity index (χ1) is 9.99. The number of rotatable bonds is 10. The Morgan fingerprint density at radius 1 is 1.00 bits per heavy atom. The maximum absolute atomic E-state index is 5.91. The molecule has 2 unspecified atom stereocenters. The molecule has 0 radical (unpaired) electrons. The molecule has 0 bridgehead atoms. The largest absolute Gasteiger partial charge is 0.385 e. The van der Waals surface area contributed by atoms with Crippen LogP contribution in [0.25, 0.3) is 0 Å². The molecule has 1 aliphatic heterocycles. The van der Waals surface area contributed by atoms with Gasteiger partial charge in [-0.05, 0) is 40.0 Å². The zero-order valence-corrected chi connectivity index (χ0v) is 14.7. The van der Waals surface area contributed by atoms with Gasteiger partial charge in [-0.15, -0.1) is 0 Å². The number of methoxy groups -OCH3 is 2. The summed E-state index contributed by atoms with van der Waals surface area (Å²) in [6, 6.07) is 0.489. The lowest BCUT2D eigenvalue weighted by atomic mass is 10.1. The third-order valence-corrected chi connectivity index (χ3v) is 4.27. The van der Waals surface area contributed by atoms with E-state index in [9.17, 15) is 0 Å². The van der Waals surface area contributed by atoms with E-state index in [1.54, 1.807) is 7.11 Å². The van der Waals surface area contributed by atoms with E-state index in [4.69, 9.17) is 14.2 Å². The van der Waals surface area contributed by atoms with Gasteiger partial charge in [0.1, 0.15) is 0 Å². The van der Waals surface area contributed by atoms with Crippen LogP contribution in [-0.2, 0) is 14.2 Å². The molecule has 1 fully saturated rings. The molecule has 4 heteroatoms. The first-order valence-electron chi connectivity index (χ1n) is 8.35. The van der Waals surface area contributed by atoms with Gasteiger partial charge in [-0.2, -0.15) is 0 Å². The number of likely N-dealkylation sites (tertiary alicyclic amines) is 1. The summed E-state index contributed by atoms with van der Waals surface area (Å²) in [6.45, 7) is 10.4. The Kier molecular flexibility index (Phi) is 8.79. The number of hydrogen-bond acceptors (Lipinski definition) is 4. The highest BCUT2D eigenvalue weighted by Crippen LogP contribution is 2.28. The Morgan fingerprint density at radius 3 is 2.24 bits per heavy atom. The van der Waals surface area contributed by atoms with Crippen LogP contribution in [0.3, 0.4) is 0 Å². The smallest absolute Gasteiger partial charge is 0.0714 e. The fourth-order valence-electron chi connectivity index (χ4n) is 3.05. The molecule has 0 N–H and O–H groups in total. The van der Waals surface area contributed by atoms with Crippen LogP contribution in [-0.4, -0.2) is 63.2 Å². The first-order valence-corrected chi connectivity index (χ1v) is 8.35. The van der Waals surface area contributed by atoms with Crippen molar-refractivity contribution >= 4 is 0 Å². The molecule has 1 heterocycles. The molecule has 1 aliphatic rings. The van der Waals surface area contributed by atoms with Crippen LogP contribution in [0.1, 0.15) is 52.9 Å². The van der Waals surface area contributed by atoms with E-state index in [1.165, 1.54) is 12.8 Å². The lowest BCUT2D eigenvalue weighted by molar-refractivity contribution is 0.0354. The van der Waals surface area contributed by atoms with Crippen molar-refractivity contribution in [3.05, 3.63) is 0 Å². The molecule has 126 valence electrons. The van der Waals surface area contributed by atoms with Gasteiger partial charge in [-0.25, -0.2) is 0 Å². The molecule has 0 saturated carbocycles. The first kappa shape index (κ1) is 18.9. The van der Waals surface area contributed by atoms with E-state index < -0.39 is 0 Å². The summed E-state index contributed by atoms with van der Waals surface area (Å²) in [7, 11) is 3.58. The molecule has 4 nitrogen and oxygen atoms in total. The highest BCUT2D eigenvalue weighted by molar-refractivity contribution is 4.92. The summed E-state index contributed by atoms with van der Waals surface area (Å²) < 4.78 is 16.5. The minimum Gasteiger partial charge on any atom is -0.385 e. The predicted molar refractivity (Wildman–Crippen MR) is 86.8 cm³/mol. The SMILES string of the molecule is COCCCCCCOCC1CC(OC)CN1C(C)(C)C. The standard InChI is InChI=1S/C17H35NO3/c1-17(2,3)18-13-16(20-5)12-15(18)14-21-11-9-7-6-8-10-19-4/h15-16H,6-14H2,1-5H3. The van der Waals surface area contributed by atoms with Crippen molar-refractivity contribution in [3.63, 3.8) is 0 Å². The van der Waals surface area contributed by atoms with E-state index in [0.29, 0.717) is 12.1 Å². The zero-order valence-electron chi connectivity index (χ0n) is 14.7. The highest BCUT2D eigenvalue weighted by atomic mass is 16.5. The molecule has 0 aromatic rings. The van der Waals surface area contributed by atoms with Crippen molar-refractivity contribution in [2.45, 2.75) is 70.6 Å². The third-order valence-electron chi connectivity index (χ3n) is 4.27. The van der Waals surface area contributed by atoms with Crippen LogP contribution < -0.4 is 0 Å². The molecule has 21 heavy (non-hydrogen) atoms. The van der Waals surface area contributed by atoms with Gasteiger partial charge in [0.25, 0.3) is 0 Å². The van der Waals surface area contributed by atoms with Crippen molar-refractivity contribution in [1.82, 2.24) is 4.90 Å². The Labute approximate surface area is 131 Å². The van der Waals surface area contributed by atoms with Gasteiger partial charge in [0.2, 0.25) is 0 Å². The summed E-state index contributed by atoms with van der Waals surface area (Å²) in [5, 5.41) is 0. The van der Waals surface area contributed by atoms with Crippen LogP contribution >= 0.6 is 0 Å². The van der Waals surface area contributed by atoms with Gasteiger partial charge < -0.3 is 14.2 Å². The van der Waals surface area contributed by atoms with Gasteiger partial charge in [-0.3, -0.25) is 4.90 Å². The molecule has 0 aliphatic carbocycles. The van der Waals surface area contributed by atoms with Crippen molar-refractivity contribution < 1.29 is 14.2 Å². The molecular weight excluding hydrogens is 266 g/mol. The Morgan fingerprint density at radius 2 is 1.67 bits per heavy atom. The van der Waals surface area contributed by atoms with Crippen molar-refractivity contribution in [2.24, 2.45) is 0 Å². The van der Waals surface area contributed by atoms with Crippen molar-refractivity contribution in [3.8, 4) is 0 Å². The van der Waals surface area contributed by atoms with E-state index >= 15 is 0 Å². The van der Waals surface area contributed by atoms with Gasteiger partial charge in [0, 0.05) is 45.6 Å². The van der Waals surface area contributed by atoms with Crippen LogP contribution in [0.5, 0.6) is 0 Å². The average Bonchev–Trinajstić information content (AvgIpc) is 2.85. The molecular formula is C17H35NO3. The highest BCUT2D eigenvalue weighted by Gasteiger charge is 2.38. The molecule has 1 rings (SSSR count). The van der Waals surface area contributed by atoms with Crippen LogP contribution in [0, 0.1) is 0 Å². The molecule has 0 spiro atoms. The monoisotopic (exact) mass is 301 g/mol. The number of ether oxygens (including phenoxy) is 3. The molecule has 0 aromatic carbocycles. The van der Waals surface area contributed by atoms with E-state index in [2.05, 4.69) is 25.7 Å². The minimum absolute atomic E-state index is 0.182. The molecule has 1 saturated heterocycles. The maximum Gasteiger partial charge on any atom is 0.0714 e. The van der Waals surface area contributed by atoms with Crippen LogP contribution in [0.15, 0.2) is 0 Å². The minimum atomic E-state index is 0.182. The second kappa shape index (κ2) is 9.78. The Hall–Kier alpha value is -0.160. The quantitative estimate of drug-likeness (QED) is 0.580. The van der Waals surface area contributed by atoms with Gasteiger partial charge in [-0.1, -0.05) is 12.8 Å². The summed E-state index contributed by atoms with van der Waals surface area (Å²) in [5.74, 6) is 0.